The highest BCUT2D eigenvalue weighted by Gasteiger charge is 2.58. The lowest BCUT2D eigenvalue weighted by Gasteiger charge is -2.41. The fourth-order valence-corrected chi connectivity index (χ4v) is 6.50. The topological polar surface area (TPSA) is 192 Å². The minimum atomic E-state index is -1.69. The summed E-state index contributed by atoms with van der Waals surface area (Å²) >= 11 is 0. The third-order valence-electron chi connectivity index (χ3n) is 8.98. The van der Waals surface area contributed by atoms with E-state index in [0.29, 0.717) is 29.6 Å². The van der Waals surface area contributed by atoms with Crippen LogP contribution < -0.4 is 0 Å². The summed E-state index contributed by atoms with van der Waals surface area (Å²) in [6.45, 7) is 9.30. The molecule has 12 nitrogen and oxygen atoms in total. The second-order valence-electron chi connectivity index (χ2n) is 11.7. The van der Waals surface area contributed by atoms with Crippen LogP contribution in [0.2, 0.25) is 0 Å². The van der Waals surface area contributed by atoms with E-state index in [2.05, 4.69) is 13.2 Å². The lowest BCUT2D eigenvalue weighted by Crippen LogP contribution is -2.60. The molecule has 5 rings (SSSR count). The average molecular weight is 589 g/mol. The Hall–Kier alpha value is -3.26. The first-order chi connectivity index (χ1) is 19.8. The Labute approximate surface area is 242 Å². The summed E-state index contributed by atoms with van der Waals surface area (Å²) in [5.74, 6) is -3.04. The van der Waals surface area contributed by atoms with Crippen molar-refractivity contribution in [1.82, 2.24) is 0 Å². The first-order valence-corrected chi connectivity index (χ1v) is 13.8. The van der Waals surface area contributed by atoms with Gasteiger partial charge in [-0.05, 0) is 55.5 Å². The summed E-state index contributed by atoms with van der Waals surface area (Å²) in [6, 6.07) is 3.97. The minimum Gasteiger partial charge on any atom is -0.504 e. The lowest BCUT2D eigenvalue weighted by molar-refractivity contribution is -0.308. The van der Waals surface area contributed by atoms with E-state index in [0.717, 1.165) is 6.08 Å². The highest BCUT2D eigenvalue weighted by atomic mass is 16.7. The number of phenolic OH excluding ortho intramolecular Hbond substituents is 2. The average Bonchev–Trinajstić information content (AvgIpc) is 3.38. The third kappa shape index (κ3) is 5.58. The molecule has 4 fully saturated rings. The number of hydrogen-bond acceptors (Lipinski definition) is 12. The largest absolute Gasteiger partial charge is 0.504 e. The molecular weight excluding hydrogens is 552 g/mol. The van der Waals surface area contributed by atoms with Gasteiger partial charge in [0.2, 0.25) is 0 Å². The zero-order valence-corrected chi connectivity index (χ0v) is 23.0. The van der Waals surface area contributed by atoms with Crippen LogP contribution in [0.15, 0.2) is 48.6 Å². The third-order valence-corrected chi connectivity index (χ3v) is 8.98. The number of esters is 2. The van der Waals surface area contributed by atoms with Crippen molar-refractivity contribution in [2.75, 3.05) is 6.61 Å². The van der Waals surface area contributed by atoms with Crippen molar-refractivity contribution < 1.29 is 59.2 Å². The highest BCUT2D eigenvalue weighted by Crippen LogP contribution is 2.54. The zero-order valence-electron chi connectivity index (χ0n) is 23.0. The molecule has 2 saturated heterocycles. The number of rotatable bonds is 6. The van der Waals surface area contributed by atoms with Gasteiger partial charge in [0.15, 0.2) is 17.8 Å². The first kappa shape index (κ1) is 30.2. The molecule has 0 bridgehead atoms. The minimum absolute atomic E-state index is 0.268. The predicted octanol–water partition coefficient (Wildman–Crippen LogP) is 0.682. The van der Waals surface area contributed by atoms with Crippen LogP contribution in [0.3, 0.4) is 0 Å². The maximum atomic E-state index is 12.3. The molecule has 11 atom stereocenters. The molecule has 1 aromatic rings. The second kappa shape index (κ2) is 11.4. The van der Waals surface area contributed by atoms with Crippen LogP contribution in [0, 0.1) is 17.8 Å². The van der Waals surface area contributed by atoms with Crippen molar-refractivity contribution in [3.63, 3.8) is 0 Å². The van der Waals surface area contributed by atoms with Crippen molar-refractivity contribution in [2.45, 2.75) is 74.7 Å². The Morgan fingerprint density at radius 1 is 1.14 bits per heavy atom. The number of aliphatic hydroxyl groups is 4. The van der Waals surface area contributed by atoms with Crippen molar-refractivity contribution >= 4 is 18.0 Å². The van der Waals surface area contributed by atoms with Crippen molar-refractivity contribution in [2.24, 2.45) is 17.8 Å². The normalized spacial score (nSPS) is 40.0. The molecule has 0 aromatic heterocycles. The molecule has 2 saturated carbocycles. The number of ether oxygens (including phenoxy) is 4. The molecule has 2 heterocycles. The summed E-state index contributed by atoms with van der Waals surface area (Å²) in [7, 11) is 0. The van der Waals surface area contributed by atoms with Gasteiger partial charge in [0.1, 0.15) is 37.1 Å². The van der Waals surface area contributed by atoms with Crippen LogP contribution in [0.1, 0.15) is 31.7 Å². The number of fused-ring (bicyclic) bond motifs is 3. The van der Waals surface area contributed by atoms with E-state index in [4.69, 9.17) is 18.9 Å². The van der Waals surface area contributed by atoms with Gasteiger partial charge in [-0.3, -0.25) is 0 Å². The molecule has 4 aliphatic rings. The van der Waals surface area contributed by atoms with Crippen LogP contribution in [0.5, 0.6) is 11.5 Å². The standard InChI is InChI=1S/C30H36O12/c1-13-16-8-9-30(3,38)17-11-20(14(2)23(17)27(16)42-28(13)37)40-29-26(36)25(35)24(34)21(41-29)12-39-22(33)7-5-15-4-6-18(31)19(32)10-15/h4-7,10,16-17,20-21,23-27,29,31-32,34-36,38H,1-2,8-9,11-12H2,3H3/b7-5+/t16?,17?,20?,21-,23?,24-,25+,26-,27?,29-,30?/m1/s1. The fourth-order valence-electron chi connectivity index (χ4n) is 6.50. The van der Waals surface area contributed by atoms with Crippen LogP contribution in [0.25, 0.3) is 6.08 Å². The molecule has 6 N–H and O–H groups in total. The van der Waals surface area contributed by atoms with Crippen LogP contribution in [0.4, 0.5) is 0 Å². The molecular formula is C30H36O12. The van der Waals surface area contributed by atoms with E-state index < -0.39 is 73.0 Å². The molecule has 0 spiro atoms. The smallest absolute Gasteiger partial charge is 0.334 e. The molecule has 1 aromatic carbocycles. The number of benzene rings is 1. The number of aliphatic hydroxyl groups excluding tert-OH is 3. The molecule has 2 aliphatic carbocycles. The van der Waals surface area contributed by atoms with Crippen molar-refractivity contribution in [3.8, 4) is 11.5 Å². The highest BCUT2D eigenvalue weighted by molar-refractivity contribution is 5.91. The summed E-state index contributed by atoms with van der Waals surface area (Å²) in [4.78, 5) is 24.6. The summed E-state index contributed by atoms with van der Waals surface area (Å²) in [5.41, 5.74) is 0.209. The number of aromatic hydroxyl groups is 2. The Morgan fingerprint density at radius 3 is 2.60 bits per heavy atom. The van der Waals surface area contributed by atoms with Gasteiger partial charge in [-0.2, -0.15) is 0 Å². The van der Waals surface area contributed by atoms with Gasteiger partial charge < -0.3 is 49.6 Å². The monoisotopic (exact) mass is 588 g/mol. The molecule has 42 heavy (non-hydrogen) atoms. The van der Waals surface area contributed by atoms with E-state index in [1.807, 2.05) is 0 Å². The molecule has 0 amide bonds. The zero-order chi connectivity index (χ0) is 30.5. The molecule has 0 radical (unpaired) electrons. The Balaban J connectivity index is 1.24. The fraction of sp³-hybridized carbons (Fsp3) is 0.533. The summed E-state index contributed by atoms with van der Waals surface area (Å²) in [5, 5.41) is 61.9. The van der Waals surface area contributed by atoms with E-state index >= 15 is 0 Å². The van der Waals surface area contributed by atoms with Gasteiger partial charge in [-0.15, -0.1) is 0 Å². The van der Waals surface area contributed by atoms with Crippen LogP contribution in [-0.2, 0) is 28.5 Å². The Kier molecular flexibility index (Phi) is 8.23. The lowest BCUT2D eigenvalue weighted by atomic mass is 9.78. The quantitative estimate of drug-likeness (QED) is 0.118. The van der Waals surface area contributed by atoms with Gasteiger partial charge in [0.25, 0.3) is 0 Å². The van der Waals surface area contributed by atoms with Gasteiger partial charge >= 0.3 is 11.9 Å². The van der Waals surface area contributed by atoms with E-state index in [-0.39, 0.29) is 29.8 Å². The van der Waals surface area contributed by atoms with Crippen LogP contribution >= 0.6 is 0 Å². The molecule has 12 heteroatoms. The number of phenols is 2. The maximum Gasteiger partial charge on any atom is 0.334 e. The van der Waals surface area contributed by atoms with Gasteiger partial charge in [0, 0.05) is 29.4 Å². The molecule has 6 unspecified atom stereocenters. The van der Waals surface area contributed by atoms with Gasteiger partial charge in [0.05, 0.1) is 11.7 Å². The van der Waals surface area contributed by atoms with Crippen molar-refractivity contribution in [3.05, 3.63) is 54.1 Å². The summed E-state index contributed by atoms with van der Waals surface area (Å²) in [6.07, 6.45) is -5.29. The van der Waals surface area contributed by atoms with E-state index in [9.17, 15) is 40.2 Å². The van der Waals surface area contributed by atoms with Crippen molar-refractivity contribution in [1.29, 1.82) is 0 Å². The number of carbonyl (C=O) groups is 2. The van der Waals surface area contributed by atoms with Gasteiger partial charge in [-0.1, -0.05) is 19.2 Å². The Morgan fingerprint density at radius 2 is 1.88 bits per heavy atom. The Bertz CT molecular complexity index is 1290. The van der Waals surface area contributed by atoms with Crippen LogP contribution in [-0.4, -0.2) is 97.7 Å². The molecule has 228 valence electrons. The maximum absolute atomic E-state index is 12.3. The SMILES string of the molecule is C=C1C(=O)OC2C1CCC(C)(O)C1CC(O[C@@H]3O[C@H](COC(=O)/C=C/c4ccc(O)c(O)c4)[C@@H](O)[C@H](O)[C@H]3O)C(=C)C21. The predicted molar refractivity (Wildman–Crippen MR) is 144 cm³/mol. The van der Waals surface area contributed by atoms with E-state index in [1.165, 1.54) is 24.3 Å². The number of hydrogen-bond donors (Lipinski definition) is 6. The van der Waals surface area contributed by atoms with Gasteiger partial charge in [-0.25, -0.2) is 9.59 Å². The first-order valence-electron chi connectivity index (χ1n) is 13.8. The van der Waals surface area contributed by atoms with E-state index in [1.54, 1.807) is 6.92 Å². The molecule has 2 aliphatic heterocycles. The second-order valence-corrected chi connectivity index (χ2v) is 11.7. The number of carbonyl (C=O) groups excluding carboxylic acids is 2. The summed E-state index contributed by atoms with van der Waals surface area (Å²) < 4.78 is 22.6.